The topological polar surface area (TPSA) is 23.5 Å². The average Bonchev–Trinajstić information content (AvgIpc) is 2.60. The molecule has 1 aromatic carbocycles. The van der Waals surface area contributed by atoms with Crippen LogP contribution in [0.5, 0.6) is 0 Å². The minimum Gasteiger partial charge on any atom is -0.388 e. The van der Waals surface area contributed by atoms with Gasteiger partial charge in [0.2, 0.25) is 0 Å². The molecule has 2 rings (SSSR count). The van der Waals surface area contributed by atoms with Gasteiger partial charge in [-0.1, -0.05) is 58.0 Å². The maximum Gasteiger partial charge on any atom is 0.0853 e. The smallest absolute Gasteiger partial charge is 0.0853 e. The molecule has 0 amide bonds. The van der Waals surface area contributed by atoms with E-state index in [1.54, 1.807) is 0 Å². The molecule has 1 aromatic rings. The van der Waals surface area contributed by atoms with Gasteiger partial charge in [0, 0.05) is 12.0 Å². The first-order chi connectivity index (χ1) is 9.80. The molecule has 0 aromatic heterocycles. The molecule has 1 atom stereocenters. The van der Waals surface area contributed by atoms with Crippen molar-refractivity contribution in [2.45, 2.75) is 53.1 Å². The first-order valence-corrected chi connectivity index (χ1v) is 8.26. The van der Waals surface area contributed by atoms with Crippen molar-refractivity contribution in [3.63, 3.8) is 0 Å². The van der Waals surface area contributed by atoms with Crippen LogP contribution in [0.25, 0.3) is 0 Å². The van der Waals surface area contributed by atoms with Crippen molar-refractivity contribution >= 4 is 0 Å². The average molecular weight is 289 g/mol. The van der Waals surface area contributed by atoms with Crippen molar-refractivity contribution in [2.75, 3.05) is 19.6 Å². The summed E-state index contributed by atoms with van der Waals surface area (Å²) in [4.78, 5) is 2.54. The fourth-order valence-corrected chi connectivity index (χ4v) is 3.39. The lowest BCUT2D eigenvalue weighted by molar-refractivity contribution is 0.0204. The van der Waals surface area contributed by atoms with Crippen LogP contribution in [0.2, 0.25) is 0 Å². The Bertz CT molecular complexity index is 438. The highest BCUT2D eigenvalue weighted by molar-refractivity contribution is 5.19. The van der Waals surface area contributed by atoms with Crippen LogP contribution in [0, 0.1) is 10.8 Å². The van der Waals surface area contributed by atoms with Gasteiger partial charge in [-0.15, -0.1) is 0 Å². The van der Waals surface area contributed by atoms with Crippen LogP contribution in [-0.4, -0.2) is 29.6 Å². The third kappa shape index (κ3) is 4.55. The maximum atomic E-state index is 10.7. The molecule has 118 valence electrons. The summed E-state index contributed by atoms with van der Waals surface area (Å²) >= 11 is 0. The van der Waals surface area contributed by atoms with Crippen molar-refractivity contribution in [1.82, 2.24) is 4.90 Å². The predicted molar refractivity (Wildman–Crippen MR) is 89.3 cm³/mol. The van der Waals surface area contributed by atoms with E-state index in [-0.39, 0.29) is 5.41 Å². The number of benzene rings is 1. The molecule has 1 aliphatic rings. The van der Waals surface area contributed by atoms with Crippen molar-refractivity contribution in [3.05, 3.63) is 35.9 Å². The molecule has 1 heterocycles. The zero-order chi connectivity index (χ0) is 15.5. The van der Waals surface area contributed by atoms with Crippen LogP contribution >= 0.6 is 0 Å². The number of nitrogens with zero attached hydrogens (tertiary/aromatic N) is 1. The Morgan fingerprint density at radius 3 is 2.48 bits per heavy atom. The van der Waals surface area contributed by atoms with Gasteiger partial charge in [-0.05, 0) is 43.3 Å². The quantitative estimate of drug-likeness (QED) is 0.895. The normalized spacial score (nSPS) is 21.8. The predicted octanol–water partition coefficient (Wildman–Crippen LogP) is 4.26. The number of rotatable bonds is 4. The first kappa shape index (κ1) is 16.5. The molecule has 1 saturated heterocycles. The molecule has 2 heteroatoms. The van der Waals surface area contributed by atoms with Crippen molar-refractivity contribution in [1.29, 1.82) is 0 Å². The summed E-state index contributed by atoms with van der Waals surface area (Å²) in [6.07, 6.45) is 3.43. The van der Waals surface area contributed by atoms with Crippen LogP contribution in [0.3, 0.4) is 0 Å². The highest BCUT2D eigenvalue weighted by Gasteiger charge is 2.32. The second kappa shape index (κ2) is 6.50. The van der Waals surface area contributed by atoms with Gasteiger partial charge in [-0.2, -0.15) is 0 Å². The Balaban J connectivity index is 2.00. The van der Waals surface area contributed by atoms with Gasteiger partial charge in [0.05, 0.1) is 6.10 Å². The molecule has 0 radical (unpaired) electrons. The fraction of sp³-hybridized carbons (Fsp3) is 0.684. The molecular weight excluding hydrogens is 258 g/mol. The molecule has 0 aliphatic carbocycles. The zero-order valence-corrected chi connectivity index (χ0v) is 14.1. The molecule has 1 aliphatic heterocycles. The minimum absolute atomic E-state index is 0.129. The third-order valence-corrected chi connectivity index (χ3v) is 4.92. The van der Waals surface area contributed by atoms with E-state index in [0.717, 1.165) is 25.2 Å². The lowest BCUT2D eigenvalue weighted by Crippen LogP contribution is -2.38. The van der Waals surface area contributed by atoms with E-state index < -0.39 is 6.10 Å². The standard InChI is InChI=1S/C19H31NO/c1-18(2)11-8-13-20(14-12-18)15-19(3,4)17(21)16-9-6-5-7-10-16/h5-7,9-10,17,21H,8,11-15H2,1-4H3. The van der Waals surface area contributed by atoms with Gasteiger partial charge >= 0.3 is 0 Å². The fourth-order valence-electron chi connectivity index (χ4n) is 3.39. The Labute approximate surface area is 130 Å². The summed E-state index contributed by atoms with van der Waals surface area (Å²) in [7, 11) is 0. The van der Waals surface area contributed by atoms with Gasteiger partial charge in [0.15, 0.2) is 0 Å². The highest BCUT2D eigenvalue weighted by atomic mass is 16.3. The molecule has 1 N–H and O–H groups in total. The van der Waals surface area contributed by atoms with E-state index in [1.165, 1.54) is 19.3 Å². The second-order valence-electron chi connectivity index (χ2n) is 8.10. The highest BCUT2D eigenvalue weighted by Crippen LogP contribution is 2.36. The van der Waals surface area contributed by atoms with Crippen LogP contribution in [-0.2, 0) is 0 Å². The van der Waals surface area contributed by atoms with Crippen molar-refractivity contribution in [3.8, 4) is 0 Å². The van der Waals surface area contributed by atoms with E-state index in [0.29, 0.717) is 5.41 Å². The molecule has 0 bridgehead atoms. The Morgan fingerprint density at radius 2 is 1.81 bits per heavy atom. The summed E-state index contributed by atoms with van der Waals surface area (Å²) in [5.74, 6) is 0. The second-order valence-corrected chi connectivity index (χ2v) is 8.10. The van der Waals surface area contributed by atoms with Crippen LogP contribution in [0.1, 0.15) is 58.6 Å². The van der Waals surface area contributed by atoms with Crippen molar-refractivity contribution < 1.29 is 5.11 Å². The Kier molecular flexibility index (Phi) is 5.11. The van der Waals surface area contributed by atoms with Crippen molar-refractivity contribution in [2.24, 2.45) is 10.8 Å². The molecule has 0 saturated carbocycles. The Hall–Kier alpha value is -0.860. The van der Waals surface area contributed by atoms with Gasteiger partial charge < -0.3 is 10.0 Å². The zero-order valence-electron chi connectivity index (χ0n) is 14.1. The van der Waals surface area contributed by atoms with Crippen LogP contribution in [0.4, 0.5) is 0 Å². The van der Waals surface area contributed by atoms with Crippen LogP contribution < -0.4 is 0 Å². The molecule has 2 nitrogen and oxygen atoms in total. The van der Waals surface area contributed by atoms with E-state index in [1.807, 2.05) is 30.3 Å². The Morgan fingerprint density at radius 1 is 1.14 bits per heavy atom. The number of hydrogen-bond donors (Lipinski definition) is 1. The van der Waals surface area contributed by atoms with Gasteiger partial charge in [-0.3, -0.25) is 0 Å². The van der Waals surface area contributed by atoms with E-state index in [9.17, 15) is 5.11 Å². The largest absolute Gasteiger partial charge is 0.388 e. The molecule has 1 fully saturated rings. The molecule has 0 spiro atoms. The number of aliphatic hydroxyl groups is 1. The minimum atomic E-state index is -0.407. The third-order valence-electron chi connectivity index (χ3n) is 4.92. The number of likely N-dealkylation sites (tertiary alicyclic amines) is 1. The van der Waals surface area contributed by atoms with E-state index in [4.69, 9.17) is 0 Å². The monoisotopic (exact) mass is 289 g/mol. The maximum absolute atomic E-state index is 10.7. The molecule has 1 unspecified atom stereocenters. The number of hydrogen-bond acceptors (Lipinski definition) is 2. The first-order valence-electron chi connectivity index (χ1n) is 8.26. The summed E-state index contributed by atoms with van der Waals surface area (Å²) < 4.78 is 0. The van der Waals surface area contributed by atoms with Gasteiger partial charge in [0.25, 0.3) is 0 Å². The summed E-state index contributed by atoms with van der Waals surface area (Å²) in [6, 6.07) is 10.1. The van der Waals surface area contributed by atoms with Gasteiger partial charge in [-0.25, -0.2) is 0 Å². The summed E-state index contributed by atoms with van der Waals surface area (Å²) in [5.41, 5.74) is 1.37. The van der Waals surface area contributed by atoms with E-state index in [2.05, 4.69) is 32.6 Å². The lowest BCUT2D eigenvalue weighted by Gasteiger charge is -2.36. The number of aliphatic hydroxyl groups excluding tert-OH is 1. The van der Waals surface area contributed by atoms with Gasteiger partial charge in [0.1, 0.15) is 0 Å². The lowest BCUT2D eigenvalue weighted by atomic mass is 9.82. The SMILES string of the molecule is CC1(C)CCCN(CC(C)(C)C(O)c2ccccc2)CC1. The molecule has 21 heavy (non-hydrogen) atoms. The van der Waals surface area contributed by atoms with E-state index >= 15 is 0 Å². The van der Waals surface area contributed by atoms with Crippen LogP contribution in [0.15, 0.2) is 30.3 Å². The summed E-state index contributed by atoms with van der Waals surface area (Å²) in [6.45, 7) is 12.4. The summed E-state index contributed by atoms with van der Waals surface area (Å²) in [5, 5.41) is 10.7. The molecular formula is C19H31NO.